The molecule has 0 aromatic heterocycles. The number of carbonyl (C=O) groups excluding carboxylic acids is 2. The molecule has 3 rings (SSSR count). The highest BCUT2D eigenvalue weighted by Gasteiger charge is 2.26. The van der Waals surface area contributed by atoms with Crippen LogP contribution in [0.2, 0.25) is 0 Å². The zero-order valence-electron chi connectivity index (χ0n) is 15.3. The van der Waals surface area contributed by atoms with Crippen LogP contribution < -0.4 is 9.64 Å². The van der Waals surface area contributed by atoms with Gasteiger partial charge in [-0.15, -0.1) is 0 Å². The highest BCUT2D eigenvalue weighted by atomic mass is 16.5. The summed E-state index contributed by atoms with van der Waals surface area (Å²) < 4.78 is 5.65. The molecule has 6 heteroatoms. The summed E-state index contributed by atoms with van der Waals surface area (Å²) in [5.74, 6) is 1.50. The first-order chi connectivity index (χ1) is 12.0. The van der Waals surface area contributed by atoms with Gasteiger partial charge in [0.15, 0.2) is 0 Å². The number of piperidine rings is 1. The second-order valence-electron chi connectivity index (χ2n) is 7.09. The van der Waals surface area contributed by atoms with Crippen LogP contribution in [0.5, 0.6) is 5.75 Å². The molecule has 0 radical (unpaired) electrons. The lowest BCUT2D eigenvalue weighted by atomic mass is 9.95. The number of ether oxygens (including phenoxy) is 1. The van der Waals surface area contributed by atoms with E-state index in [0.29, 0.717) is 12.5 Å². The van der Waals surface area contributed by atoms with E-state index in [1.165, 1.54) is 0 Å². The molecule has 0 atom stereocenters. The second kappa shape index (κ2) is 7.33. The lowest BCUT2D eigenvalue weighted by molar-refractivity contribution is -0.128. The Bertz CT molecular complexity index is 653. The van der Waals surface area contributed by atoms with E-state index >= 15 is 0 Å². The minimum Gasteiger partial charge on any atom is -0.490 e. The van der Waals surface area contributed by atoms with Crippen molar-refractivity contribution >= 4 is 17.5 Å². The van der Waals surface area contributed by atoms with Crippen molar-refractivity contribution in [1.29, 1.82) is 0 Å². The first-order valence-corrected chi connectivity index (χ1v) is 8.94. The first-order valence-electron chi connectivity index (χ1n) is 8.94. The highest BCUT2D eigenvalue weighted by Crippen LogP contribution is 2.32. The zero-order valence-corrected chi connectivity index (χ0v) is 15.3. The molecule has 0 bridgehead atoms. The number of hydrogen-bond donors (Lipinski definition) is 0. The molecule has 0 saturated carbocycles. The van der Waals surface area contributed by atoms with Crippen molar-refractivity contribution in [3.05, 3.63) is 23.8 Å². The summed E-state index contributed by atoms with van der Waals surface area (Å²) in [6.45, 7) is 5.38. The van der Waals surface area contributed by atoms with Gasteiger partial charge in [0.2, 0.25) is 5.91 Å². The molecule has 2 amide bonds. The minimum absolute atomic E-state index is 0.0835. The molecule has 1 fully saturated rings. The number of hydrogen-bond acceptors (Lipinski definition) is 4. The van der Waals surface area contributed by atoms with Crippen LogP contribution in [0.3, 0.4) is 0 Å². The fourth-order valence-electron chi connectivity index (χ4n) is 3.50. The Kier molecular flexibility index (Phi) is 5.16. The van der Waals surface area contributed by atoms with E-state index in [9.17, 15) is 9.59 Å². The maximum absolute atomic E-state index is 12.8. The number of fused-ring (bicyclic) bond motifs is 1. The van der Waals surface area contributed by atoms with Crippen LogP contribution in [0.1, 0.15) is 30.1 Å². The summed E-state index contributed by atoms with van der Waals surface area (Å²) >= 11 is 0. The Morgan fingerprint density at radius 3 is 2.64 bits per heavy atom. The fraction of sp³-hybridized carbons (Fsp3) is 0.579. The van der Waals surface area contributed by atoms with Gasteiger partial charge in [-0.1, -0.05) is 0 Å². The third-order valence-electron chi connectivity index (χ3n) is 5.27. The second-order valence-corrected chi connectivity index (χ2v) is 7.09. The molecule has 1 saturated heterocycles. The number of benzene rings is 1. The summed E-state index contributed by atoms with van der Waals surface area (Å²) in [5, 5.41) is 0. The number of nitrogens with zero attached hydrogens (tertiary/aromatic N) is 3. The smallest absolute Gasteiger partial charge is 0.253 e. The molecule has 2 aliphatic heterocycles. The molecule has 6 nitrogen and oxygen atoms in total. The maximum atomic E-state index is 12.8. The Morgan fingerprint density at radius 2 is 1.96 bits per heavy atom. The maximum Gasteiger partial charge on any atom is 0.253 e. The van der Waals surface area contributed by atoms with E-state index in [-0.39, 0.29) is 11.8 Å². The van der Waals surface area contributed by atoms with Crippen molar-refractivity contribution in [1.82, 2.24) is 9.80 Å². The van der Waals surface area contributed by atoms with Crippen molar-refractivity contribution in [2.75, 3.05) is 51.8 Å². The summed E-state index contributed by atoms with van der Waals surface area (Å²) in [5.41, 5.74) is 1.70. The van der Waals surface area contributed by atoms with Gasteiger partial charge >= 0.3 is 0 Å². The number of likely N-dealkylation sites (N-methyl/N-ethyl adjacent to an activating group) is 1. The van der Waals surface area contributed by atoms with E-state index in [1.807, 2.05) is 37.2 Å². The first kappa shape index (κ1) is 17.6. The normalized spacial score (nSPS) is 17.7. The quantitative estimate of drug-likeness (QED) is 0.839. The van der Waals surface area contributed by atoms with Crippen LogP contribution in [-0.4, -0.2) is 68.5 Å². The van der Waals surface area contributed by atoms with Gasteiger partial charge in [-0.05, 0) is 37.0 Å². The van der Waals surface area contributed by atoms with Crippen LogP contribution in [0.4, 0.5) is 5.69 Å². The van der Waals surface area contributed by atoms with Gasteiger partial charge in [0.25, 0.3) is 5.91 Å². The van der Waals surface area contributed by atoms with Crippen LogP contribution >= 0.6 is 0 Å². The van der Waals surface area contributed by atoms with Crippen LogP contribution in [0.15, 0.2) is 18.2 Å². The SMILES string of the molecule is CC(=O)N(C)CC1CCN(C(=O)c2ccc3c(c2)N(C)CCO3)CC1. The number of likely N-dealkylation sites (tertiary alicyclic amines) is 1. The largest absolute Gasteiger partial charge is 0.490 e. The van der Waals surface area contributed by atoms with Gasteiger partial charge < -0.3 is 19.4 Å². The van der Waals surface area contributed by atoms with Gasteiger partial charge in [0, 0.05) is 46.2 Å². The van der Waals surface area contributed by atoms with Crippen molar-refractivity contribution in [2.24, 2.45) is 5.92 Å². The topological polar surface area (TPSA) is 53.1 Å². The Labute approximate surface area is 149 Å². The number of anilines is 1. The third kappa shape index (κ3) is 3.89. The Hall–Kier alpha value is -2.24. The van der Waals surface area contributed by atoms with Crippen LogP contribution in [0.25, 0.3) is 0 Å². The molecule has 1 aromatic rings. The predicted molar refractivity (Wildman–Crippen MR) is 97.1 cm³/mol. The van der Waals surface area contributed by atoms with Gasteiger partial charge in [-0.25, -0.2) is 0 Å². The molecule has 0 spiro atoms. The van der Waals surface area contributed by atoms with Gasteiger partial charge in [-0.3, -0.25) is 9.59 Å². The summed E-state index contributed by atoms with van der Waals surface area (Å²) in [7, 11) is 3.86. The van der Waals surface area contributed by atoms with Gasteiger partial charge in [-0.2, -0.15) is 0 Å². The van der Waals surface area contributed by atoms with Crippen molar-refractivity contribution in [2.45, 2.75) is 19.8 Å². The minimum atomic E-state index is 0.0835. The van der Waals surface area contributed by atoms with E-state index in [4.69, 9.17) is 4.74 Å². The average Bonchev–Trinajstić information content (AvgIpc) is 2.62. The lowest BCUT2D eigenvalue weighted by Gasteiger charge is -2.34. The van der Waals surface area contributed by atoms with Gasteiger partial charge in [0.1, 0.15) is 12.4 Å². The molecule has 1 aromatic carbocycles. The van der Waals surface area contributed by atoms with E-state index < -0.39 is 0 Å². The van der Waals surface area contributed by atoms with Crippen LogP contribution in [-0.2, 0) is 4.79 Å². The third-order valence-corrected chi connectivity index (χ3v) is 5.27. The zero-order chi connectivity index (χ0) is 18.0. The summed E-state index contributed by atoms with van der Waals surface area (Å²) in [6, 6.07) is 5.69. The fourth-order valence-corrected chi connectivity index (χ4v) is 3.50. The molecule has 0 aliphatic carbocycles. The standard InChI is InChI=1S/C19H27N3O3/c1-14(23)21(3)13-15-6-8-22(9-7-15)19(24)16-4-5-18-17(12-16)20(2)10-11-25-18/h4-5,12,15H,6-11,13H2,1-3H3. The van der Waals surface area contributed by atoms with Crippen LogP contribution in [0, 0.1) is 5.92 Å². The molecular weight excluding hydrogens is 318 g/mol. The molecule has 136 valence electrons. The molecule has 0 unspecified atom stereocenters. The monoisotopic (exact) mass is 345 g/mol. The number of amides is 2. The molecular formula is C19H27N3O3. The molecule has 2 heterocycles. The molecule has 2 aliphatic rings. The summed E-state index contributed by atoms with van der Waals surface area (Å²) in [4.78, 5) is 30.0. The summed E-state index contributed by atoms with van der Waals surface area (Å²) in [6.07, 6.45) is 1.88. The average molecular weight is 345 g/mol. The van der Waals surface area contributed by atoms with E-state index in [2.05, 4.69) is 4.90 Å². The number of carbonyl (C=O) groups is 2. The molecule has 25 heavy (non-hydrogen) atoms. The lowest BCUT2D eigenvalue weighted by Crippen LogP contribution is -2.41. The molecule has 0 N–H and O–H groups in total. The Balaban J connectivity index is 1.61. The number of rotatable bonds is 3. The predicted octanol–water partition coefficient (Wildman–Crippen LogP) is 1.85. The Morgan fingerprint density at radius 1 is 1.24 bits per heavy atom. The van der Waals surface area contributed by atoms with Gasteiger partial charge in [0.05, 0.1) is 12.2 Å². The highest BCUT2D eigenvalue weighted by molar-refractivity contribution is 5.95. The van der Waals surface area contributed by atoms with Crippen molar-refractivity contribution < 1.29 is 14.3 Å². The van der Waals surface area contributed by atoms with E-state index in [0.717, 1.165) is 56.0 Å². The van der Waals surface area contributed by atoms with Crippen molar-refractivity contribution in [3.8, 4) is 5.75 Å². The van der Waals surface area contributed by atoms with E-state index in [1.54, 1.807) is 11.8 Å². The van der Waals surface area contributed by atoms with Crippen molar-refractivity contribution in [3.63, 3.8) is 0 Å².